The number of likely N-dealkylation sites (tertiary alicyclic amines) is 1. The van der Waals surface area contributed by atoms with Gasteiger partial charge in [0.1, 0.15) is 0 Å². The predicted molar refractivity (Wildman–Crippen MR) is 74.0 cm³/mol. The van der Waals surface area contributed by atoms with E-state index in [1.54, 1.807) is 0 Å². The van der Waals surface area contributed by atoms with Gasteiger partial charge in [0.25, 0.3) is 0 Å². The Morgan fingerprint density at radius 2 is 1.82 bits per heavy atom. The van der Waals surface area contributed by atoms with Gasteiger partial charge in [-0.05, 0) is 49.1 Å². The van der Waals surface area contributed by atoms with Gasteiger partial charge in [0.05, 0.1) is 0 Å². The second kappa shape index (κ2) is 4.89. The molecule has 0 spiro atoms. The molecule has 2 rings (SSSR count). The fourth-order valence-electron chi connectivity index (χ4n) is 3.63. The van der Waals surface area contributed by atoms with Crippen LogP contribution in [0.1, 0.15) is 52.9 Å². The fraction of sp³-hybridized carbons (Fsp3) is 1.00. The summed E-state index contributed by atoms with van der Waals surface area (Å²) in [4.78, 5) is 2.67. The van der Waals surface area contributed by atoms with Crippen LogP contribution in [-0.2, 0) is 0 Å². The van der Waals surface area contributed by atoms with Crippen molar-refractivity contribution in [3.8, 4) is 0 Å². The molecule has 1 saturated carbocycles. The zero-order chi connectivity index (χ0) is 12.5. The number of hydrogen-bond acceptors (Lipinski definition) is 2. The molecule has 2 aliphatic rings. The molecule has 0 aromatic carbocycles. The Hall–Kier alpha value is -0.0800. The molecule has 0 atom stereocenters. The van der Waals surface area contributed by atoms with Gasteiger partial charge in [0, 0.05) is 13.1 Å². The fourth-order valence-corrected chi connectivity index (χ4v) is 3.63. The molecule has 2 nitrogen and oxygen atoms in total. The zero-order valence-corrected chi connectivity index (χ0v) is 12.0. The van der Waals surface area contributed by atoms with Crippen LogP contribution in [-0.4, -0.2) is 31.1 Å². The van der Waals surface area contributed by atoms with Crippen molar-refractivity contribution < 1.29 is 0 Å². The topological polar surface area (TPSA) is 29.3 Å². The lowest BCUT2D eigenvalue weighted by atomic mass is 9.70. The summed E-state index contributed by atoms with van der Waals surface area (Å²) in [5, 5.41) is 0. The summed E-state index contributed by atoms with van der Waals surface area (Å²) >= 11 is 0. The SMILES string of the molecule is CC1CCC(CN)(CN2CCC(C)(C)C2)CC1. The van der Waals surface area contributed by atoms with Gasteiger partial charge in [-0.2, -0.15) is 0 Å². The third kappa shape index (κ3) is 3.23. The Bertz CT molecular complexity index is 252. The van der Waals surface area contributed by atoms with Crippen molar-refractivity contribution in [3.05, 3.63) is 0 Å². The van der Waals surface area contributed by atoms with Crippen LogP contribution in [0.5, 0.6) is 0 Å². The van der Waals surface area contributed by atoms with Crippen molar-refractivity contribution in [3.63, 3.8) is 0 Å². The standard InChI is InChI=1S/C15H30N2/c1-13-4-6-15(10-16,7-5-13)12-17-9-8-14(2,3)11-17/h13H,4-12,16H2,1-3H3. The van der Waals surface area contributed by atoms with Crippen molar-refractivity contribution >= 4 is 0 Å². The minimum Gasteiger partial charge on any atom is -0.330 e. The van der Waals surface area contributed by atoms with E-state index in [1.807, 2.05) is 0 Å². The number of hydrogen-bond donors (Lipinski definition) is 1. The minimum atomic E-state index is 0.437. The first-order valence-corrected chi connectivity index (χ1v) is 7.37. The number of rotatable bonds is 3. The molecule has 2 fully saturated rings. The number of nitrogens with two attached hydrogens (primary N) is 1. The van der Waals surface area contributed by atoms with Gasteiger partial charge >= 0.3 is 0 Å². The van der Waals surface area contributed by atoms with E-state index in [2.05, 4.69) is 25.7 Å². The number of nitrogens with zero attached hydrogens (tertiary/aromatic N) is 1. The molecule has 0 radical (unpaired) electrons. The van der Waals surface area contributed by atoms with Crippen LogP contribution in [0.3, 0.4) is 0 Å². The summed E-state index contributed by atoms with van der Waals surface area (Å²) in [6, 6.07) is 0. The van der Waals surface area contributed by atoms with E-state index in [0.29, 0.717) is 10.8 Å². The van der Waals surface area contributed by atoms with Gasteiger partial charge in [0.15, 0.2) is 0 Å². The molecule has 2 heteroatoms. The van der Waals surface area contributed by atoms with E-state index in [9.17, 15) is 0 Å². The smallest absolute Gasteiger partial charge is 0.00503 e. The van der Waals surface area contributed by atoms with Crippen LogP contribution in [0.4, 0.5) is 0 Å². The summed E-state index contributed by atoms with van der Waals surface area (Å²) in [5.74, 6) is 0.921. The van der Waals surface area contributed by atoms with Crippen molar-refractivity contribution in [1.82, 2.24) is 4.90 Å². The van der Waals surface area contributed by atoms with E-state index >= 15 is 0 Å². The highest BCUT2D eigenvalue weighted by molar-refractivity contribution is 4.92. The van der Waals surface area contributed by atoms with Gasteiger partial charge in [-0.25, -0.2) is 0 Å². The van der Waals surface area contributed by atoms with Crippen LogP contribution in [0, 0.1) is 16.7 Å². The molecule has 2 N–H and O–H groups in total. The van der Waals surface area contributed by atoms with Gasteiger partial charge in [0.2, 0.25) is 0 Å². The Balaban J connectivity index is 1.91. The lowest BCUT2D eigenvalue weighted by Gasteiger charge is -2.41. The molecule has 1 heterocycles. The summed E-state index contributed by atoms with van der Waals surface area (Å²) in [6.07, 6.45) is 6.82. The normalized spacial score (nSPS) is 38.5. The molecule has 100 valence electrons. The van der Waals surface area contributed by atoms with E-state index in [-0.39, 0.29) is 0 Å². The highest BCUT2D eigenvalue weighted by Crippen LogP contribution is 2.40. The van der Waals surface area contributed by atoms with Crippen molar-refractivity contribution in [1.29, 1.82) is 0 Å². The first-order valence-electron chi connectivity index (χ1n) is 7.37. The van der Waals surface area contributed by atoms with Crippen molar-refractivity contribution in [2.45, 2.75) is 52.9 Å². The van der Waals surface area contributed by atoms with Gasteiger partial charge in [-0.15, -0.1) is 0 Å². The maximum atomic E-state index is 6.10. The average molecular weight is 238 g/mol. The zero-order valence-electron chi connectivity index (χ0n) is 12.0. The van der Waals surface area contributed by atoms with Crippen LogP contribution >= 0.6 is 0 Å². The van der Waals surface area contributed by atoms with E-state index in [0.717, 1.165) is 12.5 Å². The van der Waals surface area contributed by atoms with Crippen molar-refractivity contribution in [2.24, 2.45) is 22.5 Å². The molecule has 0 unspecified atom stereocenters. The lowest BCUT2D eigenvalue weighted by Crippen LogP contribution is -2.44. The highest BCUT2D eigenvalue weighted by Gasteiger charge is 2.38. The van der Waals surface area contributed by atoms with Gasteiger partial charge in [-0.3, -0.25) is 0 Å². The van der Waals surface area contributed by atoms with Crippen LogP contribution in [0.25, 0.3) is 0 Å². The molecule has 1 saturated heterocycles. The summed E-state index contributed by atoms with van der Waals surface area (Å²) < 4.78 is 0. The van der Waals surface area contributed by atoms with Crippen molar-refractivity contribution in [2.75, 3.05) is 26.2 Å². The highest BCUT2D eigenvalue weighted by atomic mass is 15.2. The Labute approximate surface area is 107 Å². The van der Waals surface area contributed by atoms with E-state index < -0.39 is 0 Å². The second-order valence-electron chi connectivity index (χ2n) is 7.51. The molecule has 17 heavy (non-hydrogen) atoms. The molecule has 0 aromatic heterocycles. The Morgan fingerprint density at radius 3 is 2.29 bits per heavy atom. The molecule has 0 bridgehead atoms. The predicted octanol–water partition coefficient (Wildman–Crippen LogP) is 2.87. The monoisotopic (exact) mass is 238 g/mol. The van der Waals surface area contributed by atoms with Crippen LogP contribution in [0.2, 0.25) is 0 Å². The largest absolute Gasteiger partial charge is 0.330 e. The third-order valence-corrected chi connectivity index (χ3v) is 5.08. The molecular weight excluding hydrogens is 208 g/mol. The summed E-state index contributed by atoms with van der Waals surface area (Å²) in [5.41, 5.74) is 7.07. The Morgan fingerprint density at radius 1 is 1.18 bits per heavy atom. The third-order valence-electron chi connectivity index (χ3n) is 5.08. The summed E-state index contributed by atoms with van der Waals surface area (Å²) in [7, 11) is 0. The van der Waals surface area contributed by atoms with Crippen LogP contribution < -0.4 is 5.73 Å². The maximum Gasteiger partial charge on any atom is 0.00503 e. The molecular formula is C15H30N2. The summed E-state index contributed by atoms with van der Waals surface area (Å²) in [6.45, 7) is 11.9. The molecule has 0 aromatic rings. The average Bonchev–Trinajstić information content (AvgIpc) is 2.62. The maximum absolute atomic E-state index is 6.10. The minimum absolute atomic E-state index is 0.437. The van der Waals surface area contributed by atoms with Gasteiger partial charge < -0.3 is 10.6 Å². The molecule has 1 aliphatic heterocycles. The first-order chi connectivity index (χ1) is 7.95. The van der Waals surface area contributed by atoms with E-state index in [1.165, 1.54) is 51.7 Å². The van der Waals surface area contributed by atoms with E-state index in [4.69, 9.17) is 5.73 Å². The quantitative estimate of drug-likeness (QED) is 0.819. The Kier molecular flexibility index (Phi) is 3.84. The van der Waals surface area contributed by atoms with Gasteiger partial charge in [-0.1, -0.05) is 33.6 Å². The molecule has 0 amide bonds. The lowest BCUT2D eigenvalue weighted by molar-refractivity contribution is 0.102. The first kappa shape index (κ1) is 13.4. The molecule has 1 aliphatic carbocycles. The second-order valence-corrected chi connectivity index (χ2v) is 7.51. The van der Waals surface area contributed by atoms with Crippen LogP contribution in [0.15, 0.2) is 0 Å².